The van der Waals surface area contributed by atoms with Crippen LogP contribution in [-0.4, -0.2) is 35.0 Å². The summed E-state index contributed by atoms with van der Waals surface area (Å²) in [6, 6.07) is 12.3. The molecule has 27 heavy (non-hydrogen) atoms. The van der Waals surface area contributed by atoms with Crippen LogP contribution in [0, 0.1) is 0 Å². The third kappa shape index (κ3) is 4.49. The lowest BCUT2D eigenvalue weighted by Crippen LogP contribution is -2.29. The molecule has 1 N–H and O–H groups in total. The van der Waals surface area contributed by atoms with E-state index in [1.54, 1.807) is 12.1 Å². The third-order valence-electron chi connectivity index (χ3n) is 4.08. The fraction of sp³-hybridized carbons (Fsp3) is 0.235. The van der Waals surface area contributed by atoms with E-state index in [4.69, 9.17) is 11.6 Å². The van der Waals surface area contributed by atoms with Gasteiger partial charge in [-0.25, -0.2) is 25.9 Å². The van der Waals surface area contributed by atoms with E-state index >= 15 is 0 Å². The normalized spacial score (nSPS) is 16.6. The van der Waals surface area contributed by atoms with Crippen molar-refractivity contribution in [2.45, 2.75) is 17.7 Å². The van der Waals surface area contributed by atoms with Crippen molar-refractivity contribution in [3.63, 3.8) is 0 Å². The van der Waals surface area contributed by atoms with Crippen molar-refractivity contribution in [3.8, 4) is 0 Å². The molecule has 2 aromatic rings. The third-order valence-corrected chi connectivity index (χ3v) is 7.50. The average Bonchev–Trinajstić information content (AvgIpc) is 2.89. The van der Waals surface area contributed by atoms with Gasteiger partial charge in [-0.1, -0.05) is 23.7 Å². The quantitative estimate of drug-likeness (QED) is 0.757. The summed E-state index contributed by atoms with van der Waals surface area (Å²) in [5.41, 5.74) is 1.08. The number of carbonyl (C=O) groups is 1. The Morgan fingerprint density at radius 2 is 1.67 bits per heavy atom. The standard InChI is InChI=1S/C17H17ClN2O5S2/c18-14-3-1-13(2-4-14)9-11-19-27(24,25)16-7-5-15(6-8-16)20-17(21)10-12-26(20,22)23/h1-8,19H,9-12H2. The van der Waals surface area contributed by atoms with Gasteiger partial charge in [-0.3, -0.25) is 4.79 Å². The number of hydrogen-bond donors (Lipinski definition) is 1. The molecule has 0 saturated carbocycles. The lowest BCUT2D eigenvalue weighted by Gasteiger charge is -2.15. The number of nitrogens with zero attached hydrogens (tertiary/aromatic N) is 1. The van der Waals surface area contributed by atoms with E-state index in [1.165, 1.54) is 24.3 Å². The zero-order valence-electron chi connectivity index (χ0n) is 14.1. The van der Waals surface area contributed by atoms with Crippen LogP contribution in [-0.2, 0) is 31.3 Å². The molecule has 0 aromatic heterocycles. The molecule has 1 heterocycles. The summed E-state index contributed by atoms with van der Waals surface area (Å²) in [5.74, 6) is -0.760. The van der Waals surface area contributed by atoms with Gasteiger partial charge in [0.2, 0.25) is 26.0 Å². The van der Waals surface area contributed by atoms with Crippen molar-refractivity contribution in [3.05, 3.63) is 59.1 Å². The Kier molecular flexibility index (Phi) is 5.57. The second-order valence-corrected chi connectivity index (χ2v) is 10.1. The van der Waals surface area contributed by atoms with Crippen molar-refractivity contribution in [1.29, 1.82) is 0 Å². The highest BCUT2D eigenvalue weighted by molar-refractivity contribution is 7.94. The minimum absolute atomic E-state index is 0.00796. The first-order valence-corrected chi connectivity index (χ1v) is 11.6. The van der Waals surface area contributed by atoms with E-state index < -0.39 is 26.0 Å². The molecule has 1 fully saturated rings. The van der Waals surface area contributed by atoms with E-state index in [2.05, 4.69) is 4.72 Å². The van der Waals surface area contributed by atoms with Gasteiger partial charge >= 0.3 is 0 Å². The van der Waals surface area contributed by atoms with Crippen molar-refractivity contribution in [1.82, 2.24) is 4.72 Å². The number of benzene rings is 2. The fourth-order valence-electron chi connectivity index (χ4n) is 2.69. The smallest absolute Gasteiger partial charge is 0.242 e. The van der Waals surface area contributed by atoms with Crippen LogP contribution in [0.25, 0.3) is 0 Å². The topological polar surface area (TPSA) is 101 Å². The van der Waals surface area contributed by atoms with Crippen LogP contribution in [0.2, 0.25) is 5.02 Å². The summed E-state index contributed by atoms with van der Waals surface area (Å²) in [7, 11) is -7.43. The number of rotatable bonds is 6. The summed E-state index contributed by atoms with van der Waals surface area (Å²) >= 11 is 5.81. The Balaban J connectivity index is 1.68. The summed E-state index contributed by atoms with van der Waals surface area (Å²) in [5, 5.41) is 0.609. The number of sulfonamides is 2. The highest BCUT2D eigenvalue weighted by Gasteiger charge is 2.36. The number of anilines is 1. The summed E-state index contributed by atoms with van der Waals surface area (Å²) in [6.07, 6.45) is 0.420. The molecule has 1 aliphatic rings. The monoisotopic (exact) mass is 428 g/mol. The van der Waals surface area contributed by atoms with E-state index in [9.17, 15) is 21.6 Å². The summed E-state index contributed by atoms with van der Waals surface area (Å²) < 4.78 is 51.8. The highest BCUT2D eigenvalue weighted by atomic mass is 35.5. The molecule has 7 nitrogen and oxygen atoms in total. The Labute approximate surface area is 163 Å². The van der Waals surface area contributed by atoms with Gasteiger partial charge < -0.3 is 0 Å². The molecule has 0 aliphatic carbocycles. The van der Waals surface area contributed by atoms with Gasteiger partial charge in [-0.15, -0.1) is 0 Å². The number of nitrogens with one attached hydrogen (secondary N) is 1. The maximum atomic E-state index is 12.4. The number of hydrogen-bond acceptors (Lipinski definition) is 5. The van der Waals surface area contributed by atoms with E-state index in [0.29, 0.717) is 11.4 Å². The predicted molar refractivity (Wildman–Crippen MR) is 103 cm³/mol. The van der Waals surface area contributed by atoms with Gasteiger partial charge in [0.25, 0.3) is 0 Å². The Morgan fingerprint density at radius 1 is 1.04 bits per heavy atom. The summed E-state index contributed by atoms with van der Waals surface area (Å²) in [4.78, 5) is 11.8. The van der Waals surface area contributed by atoms with Gasteiger partial charge in [-0.05, 0) is 48.4 Å². The van der Waals surface area contributed by atoms with Crippen LogP contribution in [0.15, 0.2) is 53.4 Å². The number of amides is 1. The average molecular weight is 429 g/mol. The van der Waals surface area contributed by atoms with Crippen molar-refractivity contribution >= 4 is 43.2 Å². The van der Waals surface area contributed by atoms with Crippen LogP contribution in [0.3, 0.4) is 0 Å². The zero-order valence-corrected chi connectivity index (χ0v) is 16.5. The van der Waals surface area contributed by atoms with Crippen molar-refractivity contribution < 1.29 is 21.6 Å². The first-order chi connectivity index (χ1) is 12.7. The first kappa shape index (κ1) is 19.8. The van der Waals surface area contributed by atoms with E-state index in [-0.39, 0.29) is 29.3 Å². The number of halogens is 1. The van der Waals surface area contributed by atoms with Gasteiger partial charge in [0.15, 0.2) is 0 Å². The predicted octanol–water partition coefficient (Wildman–Crippen LogP) is 1.93. The van der Waals surface area contributed by atoms with Crippen LogP contribution >= 0.6 is 11.6 Å². The first-order valence-electron chi connectivity index (χ1n) is 8.09. The molecule has 10 heteroatoms. The second kappa shape index (κ2) is 7.59. The zero-order chi connectivity index (χ0) is 19.7. The molecule has 0 unspecified atom stereocenters. The van der Waals surface area contributed by atoms with Crippen LogP contribution in [0.4, 0.5) is 5.69 Å². The minimum Gasteiger partial charge on any atom is -0.273 e. The van der Waals surface area contributed by atoms with Crippen LogP contribution in [0.1, 0.15) is 12.0 Å². The molecule has 144 valence electrons. The molecule has 1 saturated heterocycles. The van der Waals surface area contributed by atoms with Crippen LogP contribution in [0.5, 0.6) is 0 Å². The van der Waals surface area contributed by atoms with Crippen LogP contribution < -0.4 is 9.03 Å². The molecule has 2 aromatic carbocycles. The highest BCUT2D eigenvalue weighted by Crippen LogP contribution is 2.26. The molecule has 1 aliphatic heterocycles. The molecule has 3 rings (SSSR count). The maximum Gasteiger partial charge on any atom is 0.242 e. The SMILES string of the molecule is O=C1CCS(=O)(=O)N1c1ccc(S(=O)(=O)NCCc2ccc(Cl)cc2)cc1. The van der Waals surface area contributed by atoms with Gasteiger partial charge in [0, 0.05) is 18.0 Å². The maximum absolute atomic E-state index is 12.4. The molecular formula is C17H17ClN2O5S2. The van der Waals surface area contributed by atoms with Gasteiger partial charge in [0.05, 0.1) is 16.3 Å². The van der Waals surface area contributed by atoms with Crippen molar-refractivity contribution in [2.75, 3.05) is 16.6 Å². The van der Waals surface area contributed by atoms with E-state index in [1.807, 2.05) is 12.1 Å². The summed E-state index contributed by atoms with van der Waals surface area (Å²) in [6.45, 7) is 0.199. The fourth-order valence-corrected chi connectivity index (χ4v) is 5.31. The second-order valence-electron chi connectivity index (χ2n) is 5.99. The van der Waals surface area contributed by atoms with E-state index in [0.717, 1.165) is 9.87 Å². The van der Waals surface area contributed by atoms with Gasteiger partial charge in [-0.2, -0.15) is 0 Å². The Hall–Kier alpha value is -1.94. The largest absolute Gasteiger partial charge is 0.273 e. The number of carbonyl (C=O) groups excluding carboxylic acids is 1. The lowest BCUT2D eigenvalue weighted by atomic mass is 10.2. The molecule has 0 radical (unpaired) electrons. The molecule has 0 bridgehead atoms. The molecule has 0 atom stereocenters. The molecule has 1 amide bonds. The van der Waals surface area contributed by atoms with Gasteiger partial charge in [0.1, 0.15) is 0 Å². The molecule has 0 spiro atoms. The van der Waals surface area contributed by atoms with Crippen molar-refractivity contribution in [2.24, 2.45) is 0 Å². The Morgan fingerprint density at radius 3 is 2.22 bits per heavy atom. The lowest BCUT2D eigenvalue weighted by molar-refractivity contribution is -0.116. The molecular weight excluding hydrogens is 412 g/mol. The Bertz CT molecular complexity index is 1050. The minimum atomic E-state index is -3.75.